The van der Waals surface area contributed by atoms with Crippen LogP contribution in [0.1, 0.15) is 48.1 Å². The van der Waals surface area contributed by atoms with Gasteiger partial charge in [-0.15, -0.1) is 0 Å². The van der Waals surface area contributed by atoms with Gasteiger partial charge in [-0.25, -0.2) is 0 Å². The molecule has 0 saturated heterocycles. The third-order valence-electron chi connectivity index (χ3n) is 3.13. The van der Waals surface area contributed by atoms with E-state index in [4.69, 9.17) is 13.8 Å². The van der Waals surface area contributed by atoms with Crippen molar-refractivity contribution in [1.29, 1.82) is 0 Å². The highest BCUT2D eigenvalue weighted by Gasteiger charge is 2.19. The number of rotatable bonds is 7. The predicted molar refractivity (Wildman–Crippen MR) is 70.9 cm³/mol. The second-order valence-electron chi connectivity index (χ2n) is 4.62. The molecule has 1 atom stereocenters. The van der Waals surface area contributed by atoms with E-state index >= 15 is 0 Å². The van der Waals surface area contributed by atoms with Crippen LogP contribution in [0.25, 0.3) is 0 Å². The predicted octanol–water partition coefficient (Wildman–Crippen LogP) is 2.06. The monoisotopic (exact) mass is 280 g/mol. The van der Waals surface area contributed by atoms with Crippen molar-refractivity contribution in [2.24, 2.45) is 0 Å². The van der Waals surface area contributed by atoms with Gasteiger partial charge in [-0.1, -0.05) is 17.2 Å². The van der Waals surface area contributed by atoms with E-state index in [1.165, 1.54) is 0 Å². The molecular formula is C13H20N4O3. The lowest BCUT2D eigenvalue weighted by Crippen LogP contribution is -2.22. The van der Waals surface area contributed by atoms with Gasteiger partial charge < -0.3 is 19.1 Å². The Labute approximate surface area is 117 Å². The number of aromatic nitrogens is 3. The Bertz CT molecular complexity index is 530. The van der Waals surface area contributed by atoms with Crippen LogP contribution in [0.3, 0.4) is 0 Å². The molecule has 2 aromatic rings. The molecule has 0 aliphatic rings. The van der Waals surface area contributed by atoms with Gasteiger partial charge in [0.1, 0.15) is 12.4 Å². The second-order valence-corrected chi connectivity index (χ2v) is 4.62. The van der Waals surface area contributed by atoms with Crippen molar-refractivity contribution in [3.05, 3.63) is 28.7 Å². The molecule has 0 aliphatic heterocycles. The van der Waals surface area contributed by atoms with Gasteiger partial charge in [-0.3, -0.25) is 0 Å². The lowest BCUT2D eigenvalue weighted by Gasteiger charge is -2.15. The smallest absolute Gasteiger partial charge is 0.252 e. The Morgan fingerprint density at radius 3 is 2.65 bits per heavy atom. The summed E-state index contributed by atoms with van der Waals surface area (Å²) in [7, 11) is 1.59. The highest BCUT2D eigenvalue weighted by atomic mass is 16.5. The van der Waals surface area contributed by atoms with Crippen LogP contribution in [0.4, 0.5) is 0 Å². The summed E-state index contributed by atoms with van der Waals surface area (Å²) in [6.07, 6.45) is 0.922. The summed E-state index contributed by atoms with van der Waals surface area (Å²) in [6, 6.07) is 0.158. The molecule has 0 aromatic carbocycles. The number of aryl methyl sites for hydroxylation is 2. The minimum absolute atomic E-state index is 0.158. The zero-order chi connectivity index (χ0) is 14.5. The van der Waals surface area contributed by atoms with E-state index in [0.29, 0.717) is 24.9 Å². The maximum atomic E-state index is 5.21. The molecule has 0 amide bonds. The number of ether oxygens (including phenoxy) is 1. The normalized spacial score (nSPS) is 12.8. The van der Waals surface area contributed by atoms with Crippen LogP contribution < -0.4 is 5.32 Å². The van der Waals surface area contributed by atoms with Gasteiger partial charge >= 0.3 is 0 Å². The molecule has 0 bridgehead atoms. The molecule has 110 valence electrons. The van der Waals surface area contributed by atoms with Crippen molar-refractivity contribution >= 4 is 0 Å². The van der Waals surface area contributed by atoms with Crippen molar-refractivity contribution in [2.45, 2.75) is 46.4 Å². The first-order chi connectivity index (χ1) is 9.65. The minimum Gasteiger partial charge on any atom is -0.375 e. The van der Waals surface area contributed by atoms with Crippen molar-refractivity contribution in [3.8, 4) is 0 Å². The van der Waals surface area contributed by atoms with E-state index in [1.807, 2.05) is 13.8 Å². The first-order valence-electron chi connectivity index (χ1n) is 6.62. The van der Waals surface area contributed by atoms with Gasteiger partial charge in [0.25, 0.3) is 5.89 Å². The van der Waals surface area contributed by atoms with E-state index in [2.05, 4.69) is 27.5 Å². The van der Waals surface area contributed by atoms with E-state index in [0.717, 1.165) is 23.4 Å². The van der Waals surface area contributed by atoms with E-state index in [-0.39, 0.29) is 6.04 Å². The van der Waals surface area contributed by atoms with Crippen LogP contribution in [0, 0.1) is 13.8 Å². The van der Waals surface area contributed by atoms with Crippen molar-refractivity contribution in [3.63, 3.8) is 0 Å². The Morgan fingerprint density at radius 1 is 1.25 bits per heavy atom. The van der Waals surface area contributed by atoms with Crippen LogP contribution in [0.5, 0.6) is 0 Å². The molecule has 7 nitrogen and oxygen atoms in total. The first kappa shape index (κ1) is 14.7. The largest absolute Gasteiger partial charge is 0.375 e. The van der Waals surface area contributed by atoms with Gasteiger partial charge in [0.05, 0.1) is 12.2 Å². The first-order valence-corrected chi connectivity index (χ1v) is 6.62. The Kier molecular flexibility index (Phi) is 4.86. The summed E-state index contributed by atoms with van der Waals surface area (Å²) in [4.78, 5) is 4.23. The summed E-state index contributed by atoms with van der Waals surface area (Å²) in [5.74, 6) is 1.94. The standard InChI is InChI=1S/C13H20N4O3/c1-5-10(13-8(2)16-19-9(13)3)14-6-11-15-12(7-18-4)20-17-11/h10,14H,5-7H2,1-4H3. The molecular weight excluding hydrogens is 260 g/mol. The zero-order valence-electron chi connectivity index (χ0n) is 12.3. The summed E-state index contributed by atoms with van der Waals surface area (Å²) in [5.41, 5.74) is 2.02. The number of hydrogen-bond donors (Lipinski definition) is 1. The molecule has 0 spiro atoms. The lowest BCUT2D eigenvalue weighted by atomic mass is 10.0. The fourth-order valence-electron chi connectivity index (χ4n) is 2.20. The van der Waals surface area contributed by atoms with E-state index < -0.39 is 0 Å². The molecule has 2 heterocycles. The average Bonchev–Trinajstić information content (AvgIpc) is 3.00. The fourth-order valence-corrected chi connectivity index (χ4v) is 2.20. The van der Waals surface area contributed by atoms with Gasteiger partial charge in [-0.05, 0) is 20.3 Å². The zero-order valence-corrected chi connectivity index (χ0v) is 12.3. The van der Waals surface area contributed by atoms with Crippen molar-refractivity contribution < 1.29 is 13.8 Å². The molecule has 2 rings (SSSR count). The van der Waals surface area contributed by atoms with Crippen LogP contribution in [-0.4, -0.2) is 22.4 Å². The molecule has 2 aromatic heterocycles. The summed E-state index contributed by atoms with van der Waals surface area (Å²) in [5, 5.41) is 11.3. The van der Waals surface area contributed by atoms with Gasteiger partial charge in [0, 0.05) is 18.7 Å². The summed E-state index contributed by atoms with van der Waals surface area (Å²) >= 11 is 0. The fraction of sp³-hybridized carbons (Fsp3) is 0.615. The summed E-state index contributed by atoms with van der Waals surface area (Å²) < 4.78 is 15.2. The number of methoxy groups -OCH3 is 1. The number of nitrogens with one attached hydrogen (secondary N) is 1. The maximum Gasteiger partial charge on any atom is 0.252 e. The van der Waals surface area contributed by atoms with Gasteiger partial charge in [-0.2, -0.15) is 4.98 Å². The average molecular weight is 280 g/mol. The quantitative estimate of drug-likeness (QED) is 0.830. The van der Waals surface area contributed by atoms with E-state index in [9.17, 15) is 0 Å². The lowest BCUT2D eigenvalue weighted by molar-refractivity contribution is 0.151. The molecule has 0 saturated carbocycles. The highest BCUT2D eigenvalue weighted by molar-refractivity contribution is 5.24. The molecule has 1 N–H and O–H groups in total. The molecule has 0 aliphatic carbocycles. The SMILES string of the molecule is CCC(NCc1noc(COC)n1)c1c(C)noc1C. The Balaban J connectivity index is 2.00. The van der Waals surface area contributed by atoms with Crippen molar-refractivity contribution in [2.75, 3.05) is 7.11 Å². The molecule has 0 fully saturated rings. The summed E-state index contributed by atoms with van der Waals surface area (Å²) in [6.45, 7) is 6.83. The van der Waals surface area contributed by atoms with Crippen LogP contribution in [0.15, 0.2) is 9.05 Å². The minimum atomic E-state index is 0.158. The van der Waals surface area contributed by atoms with Crippen LogP contribution in [-0.2, 0) is 17.9 Å². The van der Waals surface area contributed by atoms with Gasteiger partial charge in [0.2, 0.25) is 0 Å². The second kappa shape index (κ2) is 6.62. The topological polar surface area (TPSA) is 86.2 Å². The van der Waals surface area contributed by atoms with Crippen molar-refractivity contribution in [1.82, 2.24) is 20.6 Å². The third kappa shape index (κ3) is 3.23. The number of hydrogen-bond acceptors (Lipinski definition) is 7. The molecule has 20 heavy (non-hydrogen) atoms. The molecule has 1 unspecified atom stereocenters. The molecule has 7 heteroatoms. The number of nitrogens with zero attached hydrogens (tertiary/aromatic N) is 3. The van der Waals surface area contributed by atoms with Crippen LogP contribution >= 0.6 is 0 Å². The third-order valence-corrected chi connectivity index (χ3v) is 3.13. The van der Waals surface area contributed by atoms with Crippen LogP contribution in [0.2, 0.25) is 0 Å². The maximum absolute atomic E-state index is 5.21. The van der Waals surface area contributed by atoms with Gasteiger partial charge in [0.15, 0.2) is 5.82 Å². The molecule has 0 radical (unpaired) electrons. The van der Waals surface area contributed by atoms with E-state index in [1.54, 1.807) is 7.11 Å². The Hall–Kier alpha value is -1.73. The highest BCUT2D eigenvalue weighted by Crippen LogP contribution is 2.24. The Morgan fingerprint density at radius 2 is 2.05 bits per heavy atom.